The van der Waals surface area contributed by atoms with Crippen molar-refractivity contribution in [1.29, 1.82) is 0 Å². The number of hydrogen-bond acceptors (Lipinski definition) is 11. The third kappa shape index (κ3) is 10.1. The number of carbonyl (C=O) groups excluding carboxylic acids is 3. The van der Waals surface area contributed by atoms with E-state index in [-0.39, 0.29) is 31.7 Å². The lowest BCUT2D eigenvalue weighted by molar-refractivity contribution is -0.125. The molecule has 0 radical (unpaired) electrons. The molecule has 282 valence electrons. The Hall–Kier alpha value is -3.01. The predicted molar refractivity (Wildman–Crippen MR) is 213 cm³/mol. The summed E-state index contributed by atoms with van der Waals surface area (Å²) < 4.78 is 8.12. The SMILES string of the molecule is CCC.CNC(=O)C(CCC=O)N1Cc2cc(N3CC(N4CCN(c5cccc(N(C)SON6CCC(NC)CC6)c5)CC4)C3)ccc2C1=O.S. The molecule has 3 fully saturated rings. The van der Waals surface area contributed by atoms with Crippen molar-refractivity contribution in [3.05, 3.63) is 53.6 Å². The van der Waals surface area contributed by atoms with Crippen LogP contribution in [0.4, 0.5) is 17.1 Å². The van der Waals surface area contributed by atoms with Crippen LogP contribution in [0.5, 0.6) is 0 Å². The van der Waals surface area contributed by atoms with Gasteiger partial charge < -0.3 is 30.1 Å². The molecule has 1 unspecified atom stereocenters. The first-order chi connectivity index (χ1) is 24.3. The number of amides is 2. The molecule has 4 heterocycles. The van der Waals surface area contributed by atoms with E-state index in [2.05, 4.69) is 85.9 Å². The molecular formula is C37H58N8O4S2. The lowest BCUT2D eigenvalue weighted by atomic mass is 10.0. The number of hydrogen-bond donors (Lipinski definition) is 2. The van der Waals surface area contributed by atoms with Gasteiger partial charge in [-0.05, 0) is 68.3 Å². The van der Waals surface area contributed by atoms with E-state index >= 15 is 0 Å². The Morgan fingerprint density at radius 1 is 1.00 bits per heavy atom. The number of hydroxylamine groups is 2. The second-order valence-electron chi connectivity index (χ2n) is 13.6. The molecule has 2 aromatic carbocycles. The molecule has 2 N–H and O–H groups in total. The van der Waals surface area contributed by atoms with Crippen molar-refractivity contribution in [2.24, 2.45) is 0 Å². The summed E-state index contributed by atoms with van der Waals surface area (Å²) in [7, 11) is 5.64. The third-order valence-corrected chi connectivity index (χ3v) is 10.8. The number of rotatable bonds is 13. The molecule has 2 aromatic rings. The number of aldehydes is 1. The summed E-state index contributed by atoms with van der Waals surface area (Å²) in [6, 6.07) is 15.2. The Kier molecular flexibility index (Phi) is 15.8. The number of piperidine rings is 1. The number of likely N-dealkylation sites (N-methyl/N-ethyl adjacent to an activating group) is 1. The highest BCUT2D eigenvalue weighted by Gasteiger charge is 2.38. The van der Waals surface area contributed by atoms with Gasteiger partial charge in [0.05, 0.1) is 5.69 Å². The fraction of sp³-hybridized carbons (Fsp3) is 0.595. The average Bonchev–Trinajstić information content (AvgIpc) is 3.45. The van der Waals surface area contributed by atoms with Gasteiger partial charge >= 0.3 is 0 Å². The Morgan fingerprint density at radius 2 is 1.69 bits per heavy atom. The summed E-state index contributed by atoms with van der Waals surface area (Å²) in [5.74, 6) is -0.380. The molecule has 51 heavy (non-hydrogen) atoms. The first-order valence-corrected chi connectivity index (χ1v) is 18.9. The zero-order chi connectivity index (χ0) is 35.6. The van der Waals surface area contributed by atoms with E-state index in [0.717, 1.165) is 88.4 Å². The van der Waals surface area contributed by atoms with Crippen molar-refractivity contribution in [2.75, 3.05) is 87.6 Å². The van der Waals surface area contributed by atoms with Gasteiger partial charge in [0.15, 0.2) is 0 Å². The van der Waals surface area contributed by atoms with Crippen molar-refractivity contribution >= 4 is 60.9 Å². The molecule has 1 atom stereocenters. The van der Waals surface area contributed by atoms with Crippen molar-refractivity contribution in [3.63, 3.8) is 0 Å². The maximum atomic E-state index is 13.2. The summed E-state index contributed by atoms with van der Waals surface area (Å²) in [4.78, 5) is 45.7. The van der Waals surface area contributed by atoms with E-state index < -0.39 is 6.04 Å². The molecule has 14 heteroatoms. The highest BCUT2D eigenvalue weighted by molar-refractivity contribution is 7.96. The number of nitrogens with one attached hydrogen (secondary N) is 2. The molecular weight excluding hydrogens is 685 g/mol. The van der Waals surface area contributed by atoms with Crippen LogP contribution in [0.2, 0.25) is 0 Å². The topological polar surface area (TPSA) is 104 Å². The Bertz CT molecular complexity index is 1430. The van der Waals surface area contributed by atoms with E-state index in [1.807, 2.05) is 19.2 Å². The van der Waals surface area contributed by atoms with Gasteiger partial charge in [-0.1, -0.05) is 26.3 Å². The minimum atomic E-state index is -0.645. The van der Waals surface area contributed by atoms with E-state index in [4.69, 9.17) is 4.28 Å². The Morgan fingerprint density at radius 3 is 2.33 bits per heavy atom. The maximum Gasteiger partial charge on any atom is 0.255 e. The van der Waals surface area contributed by atoms with Gasteiger partial charge in [0.25, 0.3) is 5.91 Å². The summed E-state index contributed by atoms with van der Waals surface area (Å²) >= 11 is 1.39. The number of carbonyl (C=O) groups is 3. The van der Waals surface area contributed by atoms with Crippen LogP contribution < -0.4 is 24.7 Å². The van der Waals surface area contributed by atoms with Crippen LogP contribution in [-0.4, -0.2) is 125 Å². The molecule has 2 amide bonds. The maximum absolute atomic E-state index is 13.2. The monoisotopic (exact) mass is 742 g/mol. The number of fused-ring (bicyclic) bond motifs is 1. The lowest BCUT2D eigenvalue weighted by Gasteiger charge is -2.49. The molecule has 6 rings (SSSR count). The van der Waals surface area contributed by atoms with Gasteiger partial charge in [0.2, 0.25) is 5.91 Å². The average molecular weight is 743 g/mol. The van der Waals surface area contributed by atoms with Crippen LogP contribution in [0.3, 0.4) is 0 Å². The highest BCUT2D eigenvalue weighted by Crippen LogP contribution is 2.33. The van der Waals surface area contributed by atoms with Gasteiger partial charge in [-0.2, -0.15) is 18.6 Å². The van der Waals surface area contributed by atoms with Gasteiger partial charge in [-0.15, -0.1) is 0 Å². The van der Waals surface area contributed by atoms with Crippen LogP contribution in [-0.2, 0) is 20.4 Å². The first kappa shape index (κ1) is 40.8. The zero-order valence-electron chi connectivity index (χ0n) is 31.0. The third-order valence-electron chi connectivity index (χ3n) is 10.1. The number of anilines is 3. The highest BCUT2D eigenvalue weighted by atomic mass is 32.2. The van der Waals surface area contributed by atoms with Crippen LogP contribution in [0.1, 0.15) is 61.9 Å². The van der Waals surface area contributed by atoms with Crippen molar-refractivity contribution < 1.29 is 18.7 Å². The lowest BCUT2D eigenvalue weighted by Crippen LogP contribution is -2.63. The first-order valence-electron chi connectivity index (χ1n) is 18.2. The Balaban J connectivity index is 0.00000141. The fourth-order valence-electron chi connectivity index (χ4n) is 7.09. The summed E-state index contributed by atoms with van der Waals surface area (Å²) in [6.45, 7) is 12.4. The second kappa shape index (κ2) is 19.7. The normalized spacial score (nSPS) is 19.0. The van der Waals surface area contributed by atoms with Crippen molar-refractivity contribution in [2.45, 2.75) is 70.6 Å². The largest absolute Gasteiger partial charge is 0.369 e. The predicted octanol–water partition coefficient (Wildman–Crippen LogP) is 3.89. The molecule has 3 saturated heterocycles. The molecule has 0 aromatic heterocycles. The zero-order valence-corrected chi connectivity index (χ0v) is 32.8. The van der Waals surface area contributed by atoms with E-state index in [0.29, 0.717) is 30.6 Å². The summed E-state index contributed by atoms with van der Waals surface area (Å²) in [5, 5.41) is 8.06. The molecule has 0 saturated carbocycles. The van der Waals surface area contributed by atoms with E-state index in [1.165, 1.54) is 24.3 Å². The van der Waals surface area contributed by atoms with Crippen LogP contribution in [0.15, 0.2) is 42.5 Å². The smallest absolute Gasteiger partial charge is 0.255 e. The molecule has 12 nitrogen and oxygen atoms in total. The van der Waals surface area contributed by atoms with Crippen LogP contribution in [0, 0.1) is 0 Å². The van der Waals surface area contributed by atoms with Crippen molar-refractivity contribution in [3.8, 4) is 0 Å². The number of benzene rings is 2. The summed E-state index contributed by atoms with van der Waals surface area (Å²) in [6.07, 6.45) is 4.81. The van der Waals surface area contributed by atoms with E-state index in [1.54, 1.807) is 11.9 Å². The van der Waals surface area contributed by atoms with Crippen LogP contribution >= 0.6 is 25.7 Å². The van der Waals surface area contributed by atoms with Crippen molar-refractivity contribution in [1.82, 2.24) is 25.5 Å². The molecule has 0 aliphatic carbocycles. The quantitative estimate of drug-likeness (QED) is 0.178. The van der Waals surface area contributed by atoms with Gasteiger partial charge in [0.1, 0.15) is 24.6 Å². The number of piperazine rings is 1. The molecule has 0 bridgehead atoms. The fourth-order valence-corrected chi connectivity index (χ4v) is 7.63. The standard InChI is InChI=1S/C34H48N8O4S.C3H8.H2S/c1-35-26-11-13-41(14-12-26)46-47-37(3)27-6-4-7-28(21-27)38-15-17-39(18-16-38)30-23-40(24-30)29-9-10-31-25(20-29)22-42(34(31)45)32(8-5-19-43)33(44)36-2;1-3-2;/h4,6-7,9-10,19-21,26,30,32,35H,5,8,11-18,22-24H2,1-3H3,(H,36,44);3H2,1-2H3;1H2. The van der Waals surface area contributed by atoms with Gasteiger partial charge in [-0.3, -0.25) is 18.8 Å². The molecule has 4 aliphatic heterocycles. The Labute approximate surface area is 315 Å². The van der Waals surface area contributed by atoms with Crippen LogP contribution in [0.25, 0.3) is 0 Å². The molecule has 0 spiro atoms. The molecule has 4 aliphatic rings. The minimum absolute atomic E-state index is 0. The second-order valence-corrected chi connectivity index (χ2v) is 14.4. The summed E-state index contributed by atoms with van der Waals surface area (Å²) in [5.41, 5.74) is 5.07. The number of nitrogens with zero attached hydrogens (tertiary/aromatic N) is 6. The van der Waals surface area contributed by atoms with E-state index in [9.17, 15) is 14.4 Å². The van der Waals surface area contributed by atoms with Gasteiger partial charge in [-0.25, -0.2) is 4.28 Å². The minimum Gasteiger partial charge on any atom is -0.369 e. The van der Waals surface area contributed by atoms with Gasteiger partial charge in [0, 0.05) is 108 Å².